The zero-order chi connectivity index (χ0) is 12.8. The summed E-state index contributed by atoms with van der Waals surface area (Å²) in [5, 5.41) is 12.4. The number of aromatic hydroxyl groups is 1. The third-order valence-corrected chi connectivity index (χ3v) is 2.66. The van der Waals surface area contributed by atoms with Gasteiger partial charge in [0.1, 0.15) is 5.75 Å². The third kappa shape index (κ3) is 4.24. The van der Waals surface area contributed by atoms with Gasteiger partial charge in [-0.25, -0.2) is 0 Å². The van der Waals surface area contributed by atoms with Crippen LogP contribution in [0, 0.1) is 0 Å². The highest BCUT2D eigenvalue weighted by atomic mass is 35.5. The van der Waals surface area contributed by atoms with Gasteiger partial charge in [0.2, 0.25) is 0 Å². The first-order valence-electron chi connectivity index (χ1n) is 5.33. The number of hydrogen-bond acceptors (Lipinski definition) is 3. The summed E-state index contributed by atoms with van der Waals surface area (Å²) in [5.74, 6) is -0.279. The SMILES string of the molecule is COCCC(C)NC(=O)c1cc(O)ccc1Cl. The number of benzene rings is 1. The van der Waals surface area contributed by atoms with Crippen molar-refractivity contribution in [2.75, 3.05) is 13.7 Å². The molecule has 94 valence electrons. The fraction of sp³-hybridized carbons (Fsp3) is 0.417. The van der Waals surface area contributed by atoms with E-state index < -0.39 is 0 Å². The lowest BCUT2D eigenvalue weighted by atomic mass is 10.1. The molecule has 0 aliphatic heterocycles. The Morgan fingerprint density at radius 2 is 2.29 bits per heavy atom. The van der Waals surface area contributed by atoms with Crippen LogP contribution in [-0.2, 0) is 4.74 Å². The largest absolute Gasteiger partial charge is 0.508 e. The van der Waals surface area contributed by atoms with Crippen molar-refractivity contribution in [2.24, 2.45) is 0 Å². The maximum Gasteiger partial charge on any atom is 0.253 e. The molecule has 0 bridgehead atoms. The van der Waals surface area contributed by atoms with E-state index in [9.17, 15) is 9.90 Å². The molecule has 0 aromatic heterocycles. The van der Waals surface area contributed by atoms with Gasteiger partial charge in [-0.2, -0.15) is 0 Å². The Morgan fingerprint density at radius 3 is 2.94 bits per heavy atom. The highest BCUT2D eigenvalue weighted by Gasteiger charge is 2.13. The molecule has 0 heterocycles. The molecule has 1 atom stereocenters. The van der Waals surface area contributed by atoms with Crippen LogP contribution >= 0.6 is 11.6 Å². The number of carbonyl (C=O) groups excluding carboxylic acids is 1. The number of nitrogens with one attached hydrogen (secondary N) is 1. The van der Waals surface area contributed by atoms with Crippen molar-refractivity contribution < 1.29 is 14.6 Å². The summed E-state index contributed by atoms with van der Waals surface area (Å²) < 4.78 is 4.93. The molecule has 5 heteroatoms. The van der Waals surface area contributed by atoms with Crippen molar-refractivity contribution in [3.05, 3.63) is 28.8 Å². The summed E-state index contributed by atoms with van der Waals surface area (Å²) in [7, 11) is 1.61. The fourth-order valence-corrected chi connectivity index (χ4v) is 1.56. The van der Waals surface area contributed by atoms with Gasteiger partial charge in [-0.15, -0.1) is 0 Å². The summed E-state index contributed by atoms with van der Waals surface area (Å²) in [5.41, 5.74) is 0.274. The number of carbonyl (C=O) groups is 1. The predicted molar refractivity (Wildman–Crippen MR) is 66.5 cm³/mol. The minimum atomic E-state index is -0.297. The van der Waals surface area contributed by atoms with E-state index in [2.05, 4.69) is 5.32 Å². The van der Waals surface area contributed by atoms with Gasteiger partial charge in [0.05, 0.1) is 10.6 Å². The third-order valence-electron chi connectivity index (χ3n) is 2.33. The Kier molecular flexibility index (Phi) is 5.25. The number of halogens is 1. The number of amides is 1. The molecule has 1 rings (SSSR count). The molecule has 1 unspecified atom stereocenters. The second-order valence-electron chi connectivity index (χ2n) is 3.82. The number of phenols is 1. The molecule has 0 saturated heterocycles. The van der Waals surface area contributed by atoms with Gasteiger partial charge in [-0.05, 0) is 31.5 Å². The van der Waals surface area contributed by atoms with E-state index in [1.165, 1.54) is 18.2 Å². The van der Waals surface area contributed by atoms with Crippen LogP contribution in [0.5, 0.6) is 5.75 Å². The molecule has 0 radical (unpaired) electrons. The lowest BCUT2D eigenvalue weighted by Crippen LogP contribution is -2.33. The molecule has 0 spiro atoms. The molecule has 0 saturated carbocycles. The van der Waals surface area contributed by atoms with Gasteiger partial charge >= 0.3 is 0 Å². The van der Waals surface area contributed by atoms with Gasteiger partial charge in [0.25, 0.3) is 5.91 Å². The Balaban J connectivity index is 2.66. The van der Waals surface area contributed by atoms with Crippen LogP contribution in [0.1, 0.15) is 23.7 Å². The topological polar surface area (TPSA) is 58.6 Å². The maximum atomic E-state index is 11.8. The van der Waals surface area contributed by atoms with E-state index >= 15 is 0 Å². The Morgan fingerprint density at radius 1 is 1.59 bits per heavy atom. The molecule has 1 aromatic rings. The number of hydrogen-bond donors (Lipinski definition) is 2. The molecule has 0 aliphatic rings. The normalized spacial score (nSPS) is 12.2. The summed E-state index contributed by atoms with van der Waals surface area (Å²) in [6.07, 6.45) is 0.721. The van der Waals surface area contributed by atoms with Crippen molar-refractivity contribution in [1.82, 2.24) is 5.32 Å². The van der Waals surface area contributed by atoms with E-state index in [4.69, 9.17) is 16.3 Å². The number of phenolic OH excluding ortho intramolecular Hbond substituents is 1. The number of rotatable bonds is 5. The van der Waals surface area contributed by atoms with Crippen molar-refractivity contribution in [1.29, 1.82) is 0 Å². The van der Waals surface area contributed by atoms with Crippen LogP contribution in [-0.4, -0.2) is 30.8 Å². The molecule has 1 amide bonds. The van der Waals surface area contributed by atoms with E-state index in [1.54, 1.807) is 7.11 Å². The standard InChI is InChI=1S/C12H16ClNO3/c1-8(5-6-17-2)14-12(16)10-7-9(15)3-4-11(10)13/h3-4,7-8,15H,5-6H2,1-2H3,(H,14,16). The zero-order valence-electron chi connectivity index (χ0n) is 9.87. The molecule has 17 heavy (non-hydrogen) atoms. The first-order chi connectivity index (χ1) is 8.04. The van der Waals surface area contributed by atoms with Gasteiger partial charge < -0.3 is 15.2 Å². The average Bonchev–Trinajstić information content (AvgIpc) is 2.29. The van der Waals surface area contributed by atoms with E-state index in [1.807, 2.05) is 6.92 Å². The zero-order valence-corrected chi connectivity index (χ0v) is 10.6. The maximum absolute atomic E-state index is 11.8. The van der Waals surface area contributed by atoms with Gasteiger partial charge in [-0.3, -0.25) is 4.79 Å². The smallest absolute Gasteiger partial charge is 0.253 e. The Hall–Kier alpha value is -1.26. The van der Waals surface area contributed by atoms with Crippen LogP contribution in [0.2, 0.25) is 5.02 Å². The van der Waals surface area contributed by atoms with Crippen molar-refractivity contribution in [3.63, 3.8) is 0 Å². The quantitative estimate of drug-likeness (QED) is 0.850. The highest BCUT2D eigenvalue weighted by molar-refractivity contribution is 6.33. The van der Waals surface area contributed by atoms with Gasteiger partial charge in [0, 0.05) is 19.8 Å². The van der Waals surface area contributed by atoms with Crippen molar-refractivity contribution >= 4 is 17.5 Å². The average molecular weight is 258 g/mol. The summed E-state index contributed by atoms with van der Waals surface area (Å²) in [6.45, 7) is 2.46. The molecule has 2 N–H and O–H groups in total. The molecule has 4 nitrogen and oxygen atoms in total. The molecule has 1 aromatic carbocycles. The van der Waals surface area contributed by atoms with Gasteiger partial charge in [0.15, 0.2) is 0 Å². The van der Waals surface area contributed by atoms with Crippen LogP contribution in [0.4, 0.5) is 0 Å². The van der Waals surface area contributed by atoms with Crippen LogP contribution in [0.3, 0.4) is 0 Å². The summed E-state index contributed by atoms with van der Waals surface area (Å²) in [4.78, 5) is 11.8. The minimum Gasteiger partial charge on any atom is -0.508 e. The van der Waals surface area contributed by atoms with E-state index in [-0.39, 0.29) is 23.3 Å². The lowest BCUT2D eigenvalue weighted by Gasteiger charge is -2.14. The van der Waals surface area contributed by atoms with Crippen LogP contribution < -0.4 is 5.32 Å². The molecular weight excluding hydrogens is 242 g/mol. The molecular formula is C12H16ClNO3. The minimum absolute atomic E-state index is 0.0131. The predicted octanol–water partition coefficient (Wildman–Crippen LogP) is 2.20. The van der Waals surface area contributed by atoms with E-state index in [0.29, 0.717) is 11.6 Å². The fourth-order valence-electron chi connectivity index (χ4n) is 1.36. The van der Waals surface area contributed by atoms with E-state index in [0.717, 1.165) is 6.42 Å². The monoisotopic (exact) mass is 257 g/mol. The van der Waals surface area contributed by atoms with Crippen molar-refractivity contribution in [2.45, 2.75) is 19.4 Å². The van der Waals surface area contributed by atoms with Gasteiger partial charge in [-0.1, -0.05) is 11.6 Å². The first kappa shape index (κ1) is 13.8. The summed E-state index contributed by atoms with van der Waals surface area (Å²) >= 11 is 5.88. The Bertz CT molecular complexity index is 395. The highest BCUT2D eigenvalue weighted by Crippen LogP contribution is 2.21. The second kappa shape index (κ2) is 6.47. The van der Waals surface area contributed by atoms with Crippen LogP contribution in [0.25, 0.3) is 0 Å². The Labute approximate surface area is 106 Å². The number of ether oxygens (including phenoxy) is 1. The lowest BCUT2D eigenvalue weighted by molar-refractivity contribution is 0.0929. The second-order valence-corrected chi connectivity index (χ2v) is 4.23. The number of methoxy groups -OCH3 is 1. The van der Waals surface area contributed by atoms with Crippen LogP contribution in [0.15, 0.2) is 18.2 Å². The molecule has 0 fully saturated rings. The summed E-state index contributed by atoms with van der Waals surface area (Å²) in [6, 6.07) is 4.26. The molecule has 0 aliphatic carbocycles. The first-order valence-corrected chi connectivity index (χ1v) is 5.70. The van der Waals surface area contributed by atoms with Crippen molar-refractivity contribution in [3.8, 4) is 5.75 Å².